The minimum absolute atomic E-state index is 0.0787. The lowest BCUT2D eigenvalue weighted by molar-refractivity contribution is -0.127. The molecule has 5 nitrogen and oxygen atoms in total. The van der Waals surface area contributed by atoms with Gasteiger partial charge >= 0.3 is 0 Å². The number of hydrazone groups is 1. The zero-order valence-corrected chi connectivity index (χ0v) is 21.5. The lowest BCUT2D eigenvalue weighted by Crippen LogP contribution is -2.57. The van der Waals surface area contributed by atoms with Crippen molar-refractivity contribution in [1.82, 2.24) is 5.32 Å². The molecule has 0 bridgehead atoms. The van der Waals surface area contributed by atoms with Crippen molar-refractivity contribution in [2.24, 2.45) is 11.0 Å². The van der Waals surface area contributed by atoms with Crippen molar-refractivity contribution in [3.63, 3.8) is 0 Å². The highest BCUT2D eigenvalue weighted by molar-refractivity contribution is 6.10. The zero-order chi connectivity index (χ0) is 25.7. The first-order valence-corrected chi connectivity index (χ1v) is 12.6. The molecule has 1 aliphatic heterocycles. The third kappa shape index (κ3) is 5.13. The average Bonchev–Trinajstić information content (AvgIpc) is 3.20. The number of para-hydroxylation sites is 1. The summed E-state index contributed by atoms with van der Waals surface area (Å²) in [5.41, 5.74) is 3.72. The van der Waals surface area contributed by atoms with Gasteiger partial charge in [-0.05, 0) is 60.9 Å². The van der Waals surface area contributed by atoms with Crippen LogP contribution >= 0.6 is 0 Å². The molecular formula is C30H35FN4O. The van der Waals surface area contributed by atoms with Crippen LogP contribution in [0.25, 0.3) is 0 Å². The predicted molar refractivity (Wildman–Crippen MR) is 146 cm³/mol. The van der Waals surface area contributed by atoms with E-state index in [4.69, 9.17) is 5.10 Å². The van der Waals surface area contributed by atoms with Crippen LogP contribution in [0.15, 0.2) is 84.0 Å². The van der Waals surface area contributed by atoms with E-state index in [2.05, 4.69) is 24.4 Å². The fourth-order valence-corrected chi connectivity index (χ4v) is 4.82. The summed E-state index contributed by atoms with van der Waals surface area (Å²) in [6.45, 7) is 4.55. The fourth-order valence-electron chi connectivity index (χ4n) is 4.82. The predicted octanol–water partition coefficient (Wildman–Crippen LogP) is 6.00. The molecule has 1 aliphatic rings. The van der Waals surface area contributed by atoms with Gasteiger partial charge in [0.15, 0.2) is 0 Å². The average molecular weight is 487 g/mol. The zero-order valence-electron chi connectivity index (χ0n) is 21.5. The molecule has 2 unspecified atom stereocenters. The van der Waals surface area contributed by atoms with Gasteiger partial charge in [-0.3, -0.25) is 4.79 Å². The Hall–Kier alpha value is -3.67. The summed E-state index contributed by atoms with van der Waals surface area (Å²) >= 11 is 0. The summed E-state index contributed by atoms with van der Waals surface area (Å²) in [5, 5.41) is 10.1. The Labute approximate surface area is 213 Å². The topological polar surface area (TPSA) is 47.9 Å². The van der Waals surface area contributed by atoms with Crippen molar-refractivity contribution >= 4 is 23.0 Å². The number of amides is 1. The number of halogens is 1. The Bertz CT molecular complexity index is 1190. The molecule has 6 heteroatoms. The summed E-state index contributed by atoms with van der Waals surface area (Å²) in [4.78, 5) is 16.1. The highest BCUT2D eigenvalue weighted by atomic mass is 19.1. The maximum atomic E-state index is 14.0. The van der Waals surface area contributed by atoms with Crippen LogP contribution in [0.1, 0.15) is 44.2 Å². The second-order valence-corrected chi connectivity index (χ2v) is 9.73. The molecule has 0 radical (unpaired) electrons. The van der Waals surface area contributed by atoms with Crippen LogP contribution < -0.4 is 15.2 Å². The van der Waals surface area contributed by atoms with Gasteiger partial charge in [0.05, 0.1) is 11.4 Å². The van der Waals surface area contributed by atoms with E-state index in [-0.39, 0.29) is 17.6 Å². The SMILES string of the molecule is CCCCC1C(c2ccc(F)cc2)=NN(c2ccccc2)C1(C)C(=O)NCc1ccc(N(C)C)cc1. The van der Waals surface area contributed by atoms with Gasteiger partial charge in [0.2, 0.25) is 5.91 Å². The number of hydrogen-bond acceptors (Lipinski definition) is 4. The van der Waals surface area contributed by atoms with Gasteiger partial charge in [-0.25, -0.2) is 9.40 Å². The monoisotopic (exact) mass is 486 g/mol. The molecule has 0 fully saturated rings. The smallest absolute Gasteiger partial charge is 0.248 e. The Kier molecular flexibility index (Phi) is 7.73. The first kappa shape index (κ1) is 25.4. The van der Waals surface area contributed by atoms with E-state index < -0.39 is 5.54 Å². The van der Waals surface area contributed by atoms with Crippen molar-refractivity contribution in [3.05, 3.63) is 95.8 Å². The molecule has 0 saturated heterocycles. The number of nitrogens with zero attached hydrogens (tertiary/aromatic N) is 3. The van der Waals surface area contributed by atoms with Crippen LogP contribution in [0.5, 0.6) is 0 Å². The number of unbranched alkanes of at least 4 members (excludes halogenated alkanes) is 1. The van der Waals surface area contributed by atoms with Crippen LogP contribution in [-0.4, -0.2) is 31.3 Å². The van der Waals surface area contributed by atoms with Gasteiger partial charge in [0, 0.05) is 32.2 Å². The molecule has 1 N–H and O–H groups in total. The molecule has 3 aromatic carbocycles. The minimum Gasteiger partial charge on any atom is -0.378 e. The fraction of sp³-hybridized carbons (Fsp3) is 0.333. The van der Waals surface area contributed by atoms with Crippen LogP contribution in [0.4, 0.5) is 15.8 Å². The van der Waals surface area contributed by atoms with Crippen LogP contribution in [0, 0.1) is 11.7 Å². The summed E-state index contributed by atoms with van der Waals surface area (Å²) < 4.78 is 13.7. The maximum Gasteiger partial charge on any atom is 0.248 e. The number of nitrogens with one attached hydrogen (secondary N) is 1. The Morgan fingerprint density at radius 3 is 2.31 bits per heavy atom. The molecule has 0 spiro atoms. The van der Waals surface area contributed by atoms with Gasteiger partial charge in [-0.2, -0.15) is 5.10 Å². The molecule has 1 heterocycles. The number of benzene rings is 3. The Balaban J connectivity index is 1.68. The highest BCUT2D eigenvalue weighted by Crippen LogP contribution is 2.41. The molecule has 1 amide bonds. The molecule has 4 rings (SSSR count). The van der Waals surface area contributed by atoms with Crippen LogP contribution in [0.3, 0.4) is 0 Å². The lowest BCUT2D eigenvalue weighted by Gasteiger charge is -2.37. The van der Waals surface area contributed by atoms with Crippen molar-refractivity contribution in [2.45, 2.75) is 45.2 Å². The largest absolute Gasteiger partial charge is 0.378 e. The van der Waals surface area contributed by atoms with Gasteiger partial charge < -0.3 is 10.2 Å². The summed E-state index contributed by atoms with van der Waals surface area (Å²) in [6.07, 6.45) is 2.77. The number of rotatable bonds is 9. The molecule has 36 heavy (non-hydrogen) atoms. The number of carbonyl (C=O) groups excluding carboxylic acids is 1. The van der Waals surface area contributed by atoms with Crippen molar-refractivity contribution in [1.29, 1.82) is 0 Å². The lowest BCUT2D eigenvalue weighted by atomic mass is 9.77. The Morgan fingerprint density at radius 1 is 1.03 bits per heavy atom. The summed E-state index contributed by atoms with van der Waals surface area (Å²) in [6, 6.07) is 24.4. The van der Waals surface area contributed by atoms with Crippen molar-refractivity contribution in [2.75, 3.05) is 24.0 Å². The number of carbonyl (C=O) groups is 1. The molecule has 188 valence electrons. The van der Waals surface area contributed by atoms with Crippen LogP contribution in [0.2, 0.25) is 0 Å². The highest BCUT2D eigenvalue weighted by Gasteiger charge is 2.53. The van der Waals surface area contributed by atoms with Gasteiger partial charge in [-0.15, -0.1) is 0 Å². The second-order valence-electron chi connectivity index (χ2n) is 9.73. The van der Waals surface area contributed by atoms with E-state index in [0.29, 0.717) is 6.54 Å². The van der Waals surface area contributed by atoms with Crippen molar-refractivity contribution < 1.29 is 9.18 Å². The third-order valence-corrected chi connectivity index (χ3v) is 7.01. The summed E-state index contributed by atoms with van der Waals surface area (Å²) in [7, 11) is 4.01. The van der Waals surface area contributed by atoms with E-state index in [0.717, 1.165) is 47.5 Å². The van der Waals surface area contributed by atoms with E-state index in [1.54, 1.807) is 12.1 Å². The van der Waals surface area contributed by atoms with E-state index in [1.807, 2.05) is 73.4 Å². The van der Waals surface area contributed by atoms with E-state index in [9.17, 15) is 9.18 Å². The molecular weight excluding hydrogens is 451 g/mol. The van der Waals surface area contributed by atoms with Crippen LogP contribution in [-0.2, 0) is 11.3 Å². The van der Waals surface area contributed by atoms with E-state index in [1.165, 1.54) is 12.1 Å². The first-order valence-electron chi connectivity index (χ1n) is 12.6. The molecule has 3 aromatic rings. The normalized spacial score (nSPS) is 19.2. The number of hydrogen-bond donors (Lipinski definition) is 1. The third-order valence-electron chi connectivity index (χ3n) is 7.01. The quantitative estimate of drug-likeness (QED) is 0.404. The van der Waals surface area contributed by atoms with E-state index >= 15 is 0 Å². The molecule has 2 atom stereocenters. The summed E-state index contributed by atoms with van der Waals surface area (Å²) in [5.74, 6) is -0.521. The van der Waals surface area contributed by atoms with Gasteiger partial charge in [-0.1, -0.05) is 62.2 Å². The molecule has 0 saturated carbocycles. The molecule has 0 aromatic heterocycles. The Morgan fingerprint density at radius 2 is 1.69 bits per heavy atom. The first-order chi connectivity index (χ1) is 17.3. The standard InChI is InChI=1S/C30H35FN4O/c1-5-6-12-27-28(23-15-17-24(31)18-16-23)33-35(26-10-8-7-9-11-26)30(27,2)29(36)32-21-22-13-19-25(20-14-22)34(3)4/h7-11,13-20,27H,5-6,12,21H2,1-4H3,(H,32,36). The molecule has 0 aliphatic carbocycles. The maximum absolute atomic E-state index is 14.0. The van der Waals surface area contributed by atoms with Gasteiger partial charge in [0.1, 0.15) is 11.4 Å². The minimum atomic E-state index is -0.941. The second kappa shape index (κ2) is 10.9. The van der Waals surface area contributed by atoms with Gasteiger partial charge in [0.25, 0.3) is 0 Å². The number of anilines is 2. The van der Waals surface area contributed by atoms with Crippen molar-refractivity contribution in [3.8, 4) is 0 Å².